The summed E-state index contributed by atoms with van der Waals surface area (Å²) < 4.78 is 31.7. The molecule has 1 saturated carbocycles. The maximum atomic E-state index is 12.9. The van der Waals surface area contributed by atoms with Crippen molar-refractivity contribution < 1.29 is 22.7 Å². The van der Waals surface area contributed by atoms with Crippen LogP contribution < -0.4 is 15.0 Å². The van der Waals surface area contributed by atoms with Gasteiger partial charge in [-0.05, 0) is 61.6 Å². The maximum Gasteiger partial charge on any atom is 0.328 e. The molecule has 4 rings (SSSR count). The Morgan fingerprint density at radius 1 is 1.03 bits per heavy atom. The van der Waals surface area contributed by atoms with E-state index in [0.29, 0.717) is 23.5 Å². The van der Waals surface area contributed by atoms with Crippen LogP contribution in [0, 0.1) is 0 Å². The Balaban J connectivity index is 1.45. The first-order chi connectivity index (χ1) is 14.4. The number of sulfone groups is 1. The van der Waals surface area contributed by atoms with Crippen molar-refractivity contribution in [3.8, 4) is 5.75 Å². The Hall–Kier alpha value is -2.87. The predicted octanol–water partition coefficient (Wildman–Crippen LogP) is 3.43. The molecule has 0 atom stereocenters. The minimum atomic E-state index is -3.54. The second-order valence-electron chi connectivity index (χ2n) is 7.68. The fraction of sp³-hybridized carbons (Fsp3) is 0.364. The van der Waals surface area contributed by atoms with Crippen LogP contribution in [0.3, 0.4) is 0 Å². The number of hydrogen-bond acceptors (Lipinski definition) is 5. The molecule has 0 spiro atoms. The van der Waals surface area contributed by atoms with Crippen LogP contribution >= 0.6 is 0 Å². The number of amides is 3. The third kappa shape index (κ3) is 4.64. The largest absolute Gasteiger partial charge is 0.490 e. The Morgan fingerprint density at radius 2 is 1.77 bits per heavy atom. The lowest BCUT2D eigenvalue weighted by atomic mass is 10.2. The summed E-state index contributed by atoms with van der Waals surface area (Å²) in [6, 6.07) is 13.0. The van der Waals surface area contributed by atoms with Crippen LogP contribution in [-0.4, -0.2) is 33.0 Å². The Bertz CT molecular complexity index is 1040. The number of nitrogens with one attached hydrogen (secondary N) is 1. The summed E-state index contributed by atoms with van der Waals surface area (Å²) >= 11 is 0. The van der Waals surface area contributed by atoms with Crippen molar-refractivity contribution in [2.24, 2.45) is 0 Å². The van der Waals surface area contributed by atoms with E-state index in [2.05, 4.69) is 5.32 Å². The van der Waals surface area contributed by atoms with Crippen molar-refractivity contribution >= 4 is 27.5 Å². The molecule has 2 aliphatic rings. The molecule has 158 valence electrons. The van der Waals surface area contributed by atoms with Crippen LogP contribution in [0.2, 0.25) is 0 Å². The molecule has 0 aromatic heterocycles. The molecule has 8 heteroatoms. The van der Waals surface area contributed by atoms with Crippen molar-refractivity contribution in [2.75, 3.05) is 11.4 Å². The zero-order valence-corrected chi connectivity index (χ0v) is 17.4. The number of hydrogen-bond donors (Lipinski definition) is 1. The molecular formula is C22H24N2O5S. The van der Waals surface area contributed by atoms with Crippen LogP contribution in [0.25, 0.3) is 0 Å². The monoisotopic (exact) mass is 428 g/mol. The average molecular weight is 429 g/mol. The first-order valence-corrected chi connectivity index (χ1v) is 11.8. The van der Waals surface area contributed by atoms with E-state index in [9.17, 15) is 18.0 Å². The number of benzene rings is 2. The number of nitrogens with zero attached hydrogens (tertiary/aromatic N) is 1. The molecule has 2 aromatic rings. The quantitative estimate of drug-likeness (QED) is 0.761. The van der Waals surface area contributed by atoms with E-state index in [-0.39, 0.29) is 29.1 Å². The zero-order valence-electron chi connectivity index (χ0n) is 16.5. The van der Waals surface area contributed by atoms with Gasteiger partial charge in [0.1, 0.15) is 5.75 Å². The summed E-state index contributed by atoms with van der Waals surface area (Å²) in [5, 5.41) is 2.27. The van der Waals surface area contributed by atoms with Gasteiger partial charge in [0.2, 0.25) is 5.91 Å². The van der Waals surface area contributed by atoms with Crippen LogP contribution in [0.4, 0.5) is 10.5 Å². The third-order valence-corrected chi connectivity index (χ3v) is 7.11. The molecule has 2 fully saturated rings. The highest BCUT2D eigenvalue weighted by atomic mass is 32.2. The number of anilines is 1. The molecule has 1 aliphatic carbocycles. The van der Waals surface area contributed by atoms with Crippen LogP contribution in [0.15, 0.2) is 53.4 Å². The Morgan fingerprint density at radius 3 is 2.47 bits per heavy atom. The highest BCUT2D eigenvalue weighted by Gasteiger charge is 2.24. The summed E-state index contributed by atoms with van der Waals surface area (Å²) in [7, 11) is -3.54. The van der Waals surface area contributed by atoms with Crippen LogP contribution in [-0.2, 0) is 20.4 Å². The van der Waals surface area contributed by atoms with Crippen molar-refractivity contribution in [1.29, 1.82) is 0 Å². The van der Waals surface area contributed by atoms with E-state index in [1.807, 2.05) is 0 Å². The molecule has 3 amide bonds. The molecular weight excluding hydrogens is 404 g/mol. The van der Waals surface area contributed by atoms with Crippen LogP contribution in [0.5, 0.6) is 5.75 Å². The molecule has 1 N–H and O–H groups in total. The smallest absolute Gasteiger partial charge is 0.328 e. The number of imide groups is 1. The summed E-state index contributed by atoms with van der Waals surface area (Å²) in [5.74, 6) is 0.146. The standard InChI is InChI=1S/C22H24N2O5S/c25-21-12-13-24(22(26)23-21)17-10-8-16(9-11-17)15-30(27,28)20-7-3-6-19(14-20)29-18-4-1-2-5-18/h3,6-11,14,18H,1-2,4-5,12-13,15H2,(H,23,25,26). The summed E-state index contributed by atoms with van der Waals surface area (Å²) in [5.41, 5.74) is 1.24. The highest BCUT2D eigenvalue weighted by molar-refractivity contribution is 7.90. The van der Waals surface area contributed by atoms with Gasteiger partial charge in [-0.1, -0.05) is 18.2 Å². The second-order valence-corrected chi connectivity index (χ2v) is 9.67. The fourth-order valence-corrected chi connectivity index (χ4v) is 5.20. The molecule has 1 aliphatic heterocycles. The maximum absolute atomic E-state index is 12.9. The second kappa shape index (κ2) is 8.47. The van der Waals surface area contributed by atoms with Gasteiger partial charge >= 0.3 is 6.03 Å². The third-order valence-electron chi connectivity index (χ3n) is 5.43. The number of carbonyl (C=O) groups is 2. The van der Waals surface area contributed by atoms with Crippen molar-refractivity contribution in [1.82, 2.24) is 5.32 Å². The van der Waals surface area contributed by atoms with Gasteiger partial charge in [0.25, 0.3) is 0 Å². The number of urea groups is 1. The van der Waals surface area contributed by atoms with E-state index >= 15 is 0 Å². The lowest BCUT2D eigenvalue weighted by molar-refractivity contribution is -0.120. The van der Waals surface area contributed by atoms with E-state index < -0.39 is 15.9 Å². The van der Waals surface area contributed by atoms with Gasteiger partial charge in [-0.2, -0.15) is 0 Å². The minimum Gasteiger partial charge on any atom is -0.490 e. The lowest BCUT2D eigenvalue weighted by Crippen LogP contribution is -2.49. The number of rotatable bonds is 6. The summed E-state index contributed by atoms with van der Waals surface area (Å²) in [6.45, 7) is 0.302. The Kier molecular flexibility index (Phi) is 5.76. The van der Waals surface area contributed by atoms with E-state index in [1.54, 1.807) is 48.5 Å². The lowest BCUT2D eigenvalue weighted by Gasteiger charge is -2.26. The van der Waals surface area contributed by atoms with E-state index in [0.717, 1.165) is 25.7 Å². The predicted molar refractivity (Wildman–Crippen MR) is 112 cm³/mol. The Labute approximate surface area is 175 Å². The van der Waals surface area contributed by atoms with E-state index in [4.69, 9.17) is 4.74 Å². The van der Waals surface area contributed by atoms with Crippen molar-refractivity contribution in [3.05, 3.63) is 54.1 Å². The number of ether oxygens (including phenoxy) is 1. The van der Waals surface area contributed by atoms with Gasteiger partial charge in [0.15, 0.2) is 9.84 Å². The van der Waals surface area contributed by atoms with Gasteiger partial charge in [0, 0.05) is 18.7 Å². The summed E-state index contributed by atoms with van der Waals surface area (Å²) in [4.78, 5) is 24.9. The fourth-order valence-electron chi connectivity index (χ4n) is 3.82. The molecule has 1 heterocycles. The van der Waals surface area contributed by atoms with Crippen molar-refractivity contribution in [3.63, 3.8) is 0 Å². The SMILES string of the molecule is O=C1CCN(c2ccc(CS(=O)(=O)c3cccc(OC4CCCC4)c3)cc2)C(=O)N1. The number of carbonyl (C=O) groups excluding carboxylic acids is 2. The normalized spacial score (nSPS) is 17.8. The molecule has 7 nitrogen and oxygen atoms in total. The first-order valence-electron chi connectivity index (χ1n) is 10.1. The van der Waals surface area contributed by atoms with Crippen LogP contribution in [0.1, 0.15) is 37.7 Å². The average Bonchev–Trinajstić information content (AvgIpc) is 3.22. The van der Waals surface area contributed by atoms with Gasteiger partial charge in [0.05, 0.1) is 16.8 Å². The van der Waals surface area contributed by atoms with Gasteiger partial charge in [-0.25, -0.2) is 13.2 Å². The zero-order chi connectivity index (χ0) is 21.1. The molecule has 0 unspecified atom stereocenters. The highest BCUT2D eigenvalue weighted by Crippen LogP contribution is 2.27. The molecule has 0 bridgehead atoms. The van der Waals surface area contributed by atoms with E-state index in [1.165, 1.54) is 4.90 Å². The van der Waals surface area contributed by atoms with Gasteiger partial charge in [-0.3, -0.25) is 15.0 Å². The molecule has 2 aromatic carbocycles. The van der Waals surface area contributed by atoms with Crippen molar-refractivity contribution in [2.45, 2.75) is 48.9 Å². The molecule has 1 saturated heterocycles. The molecule has 30 heavy (non-hydrogen) atoms. The van der Waals surface area contributed by atoms with Gasteiger partial charge < -0.3 is 4.74 Å². The first kappa shape index (κ1) is 20.4. The minimum absolute atomic E-state index is 0.148. The summed E-state index contributed by atoms with van der Waals surface area (Å²) in [6.07, 6.45) is 4.71. The topological polar surface area (TPSA) is 92.8 Å². The molecule has 0 radical (unpaired) electrons. The van der Waals surface area contributed by atoms with Gasteiger partial charge in [-0.15, -0.1) is 0 Å².